The molecule has 0 unspecified atom stereocenters. The fourth-order valence-corrected chi connectivity index (χ4v) is 1.91. The molecule has 0 saturated heterocycles. The van der Waals surface area contributed by atoms with Gasteiger partial charge in [0.25, 0.3) is 0 Å². The van der Waals surface area contributed by atoms with Crippen LogP contribution < -0.4 is 0 Å². The van der Waals surface area contributed by atoms with Crippen molar-refractivity contribution in [3.8, 4) is 0 Å². The maximum atomic E-state index is 10.9. The standard InChI is InChI=1S/C12H20O5/c1-3-8(4-2)17-10-6-7(12(15)16)5-9(13)11(10)14/h6,8-11,13-14H,3-5H2,1-2H3,(H,15,16)/t9-,10+,11-/m0/s1. The fourth-order valence-electron chi connectivity index (χ4n) is 1.91. The van der Waals surface area contributed by atoms with Crippen LogP contribution in [0.5, 0.6) is 0 Å². The van der Waals surface area contributed by atoms with Gasteiger partial charge in [0, 0.05) is 12.0 Å². The van der Waals surface area contributed by atoms with Crippen molar-refractivity contribution in [2.75, 3.05) is 0 Å². The second-order valence-corrected chi connectivity index (χ2v) is 4.30. The highest BCUT2D eigenvalue weighted by atomic mass is 16.5. The Morgan fingerprint density at radius 3 is 2.53 bits per heavy atom. The Kier molecular flexibility index (Phi) is 5.11. The van der Waals surface area contributed by atoms with E-state index >= 15 is 0 Å². The first kappa shape index (κ1) is 14.2. The van der Waals surface area contributed by atoms with Crippen LogP contribution in [-0.4, -0.2) is 45.7 Å². The fraction of sp³-hybridized carbons (Fsp3) is 0.750. The molecule has 98 valence electrons. The number of aliphatic carboxylic acids is 1. The zero-order valence-electron chi connectivity index (χ0n) is 10.2. The van der Waals surface area contributed by atoms with Crippen LogP contribution in [0.1, 0.15) is 33.1 Å². The summed E-state index contributed by atoms with van der Waals surface area (Å²) in [5, 5.41) is 28.2. The summed E-state index contributed by atoms with van der Waals surface area (Å²) in [6, 6.07) is 0. The second kappa shape index (κ2) is 6.14. The molecule has 3 N–H and O–H groups in total. The average Bonchev–Trinajstić information content (AvgIpc) is 2.30. The van der Waals surface area contributed by atoms with Gasteiger partial charge in [0.05, 0.1) is 12.2 Å². The third-order valence-corrected chi connectivity index (χ3v) is 3.06. The molecule has 0 bridgehead atoms. The van der Waals surface area contributed by atoms with Crippen molar-refractivity contribution >= 4 is 5.97 Å². The first-order valence-corrected chi connectivity index (χ1v) is 5.95. The Labute approximate surface area is 101 Å². The van der Waals surface area contributed by atoms with E-state index in [9.17, 15) is 15.0 Å². The Hall–Kier alpha value is -0.910. The third kappa shape index (κ3) is 3.52. The van der Waals surface area contributed by atoms with Gasteiger partial charge in [0.2, 0.25) is 0 Å². The quantitative estimate of drug-likeness (QED) is 0.662. The molecule has 0 spiro atoms. The predicted molar refractivity (Wildman–Crippen MR) is 61.6 cm³/mol. The lowest BCUT2D eigenvalue weighted by molar-refractivity contribution is -0.135. The van der Waals surface area contributed by atoms with Crippen molar-refractivity contribution in [1.82, 2.24) is 0 Å². The summed E-state index contributed by atoms with van der Waals surface area (Å²) in [5.41, 5.74) is 0.0961. The van der Waals surface area contributed by atoms with E-state index in [1.54, 1.807) is 0 Å². The van der Waals surface area contributed by atoms with Crippen molar-refractivity contribution < 1.29 is 24.9 Å². The summed E-state index contributed by atoms with van der Waals surface area (Å²) in [6.07, 6.45) is 0.0141. The summed E-state index contributed by atoms with van der Waals surface area (Å²) in [6.45, 7) is 3.92. The average molecular weight is 244 g/mol. The van der Waals surface area contributed by atoms with E-state index in [1.165, 1.54) is 6.08 Å². The van der Waals surface area contributed by atoms with Crippen LogP contribution in [0.15, 0.2) is 11.6 Å². The molecular weight excluding hydrogens is 224 g/mol. The molecule has 5 heteroatoms. The normalized spacial score (nSPS) is 29.2. The lowest BCUT2D eigenvalue weighted by Gasteiger charge is -2.32. The molecule has 0 aliphatic heterocycles. The minimum atomic E-state index is -1.08. The van der Waals surface area contributed by atoms with Gasteiger partial charge in [-0.3, -0.25) is 0 Å². The SMILES string of the molecule is CCC(CC)O[C@@H]1C=C(C(=O)O)C[C@H](O)[C@@H]1O. The van der Waals surface area contributed by atoms with Crippen molar-refractivity contribution in [3.63, 3.8) is 0 Å². The van der Waals surface area contributed by atoms with Gasteiger partial charge in [-0.1, -0.05) is 13.8 Å². The Morgan fingerprint density at radius 2 is 2.06 bits per heavy atom. The summed E-state index contributed by atoms with van der Waals surface area (Å²) >= 11 is 0. The van der Waals surface area contributed by atoms with Crippen LogP contribution >= 0.6 is 0 Å². The number of hydrogen-bond donors (Lipinski definition) is 3. The van der Waals surface area contributed by atoms with E-state index in [4.69, 9.17) is 9.84 Å². The van der Waals surface area contributed by atoms with Crippen molar-refractivity contribution in [3.05, 3.63) is 11.6 Å². The number of rotatable bonds is 5. The number of aliphatic hydroxyl groups excluding tert-OH is 2. The molecule has 17 heavy (non-hydrogen) atoms. The second-order valence-electron chi connectivity index (χ2n) is 4.30. The summed E-state index contributed by atoms with van der Waals surface area (Å²) in [7, 11) is 0. The van der Waals surface area contributed by atoms with Gasteiger partial charge in [-0.05, 0) is 18.9 Å². The maximum Gasteiger partial charge on any atom is 0.331 e. The van der Waals surface area contributed by atoms with Crippen LogP contribution in [-0.2, 0) is 9.53 Å². The highest BCUT2D eigenvalue weighted by Gasteiger charge is 2.34. The van der Waals surface area contributed by atoms with Crippen molar-refractivity contribution in [1.29, 1.82) is 0 Å². The lowest BCUT2D eigenvalue weighted by atomic mass is 9.92. The Bertz CT molecular complexity index is 295. The van der Waals surface area contributed by atoms with Gasteiger partial charge in [-0.25, -0.2) is 4.79 Å². The van der Waals surface area contributed by atoms with Crippen LogP contribution in [0.2, 0.25) is 0 Å². The molecule has 5 nitrogen and oxygen atoms in total. The smallest absolute Gasteiger partial charge is 0.331 e. The van der Waals surface area contributed by atoms with Crippen LogP contribution in [0.25, 0.3) is 0 Å². The highest BCUT2D eigenvalue weighted by Crippen LogP contribution is 2.23. The number of carboxylic acid groups (broad SMARTS) is 1. The molecule has 0 saturated carbocycles. The third-order valence-electron chi connectivity index (χ3n) is 3.06. The zero-order valence-corrected chi connectivity index (χ0v) is 10.2. The molecular formula is C12H20O5. The monoisotopic (exact) mass is 244 g/mol. The molecule has 0 fully saturated rings. The van der Waals surface area contributed by atoms with Gasteiger partial charge in [0.1, 0.15) is 12.2 Å². The van der Waals surface area contributed by atoms with Gasteiger partial charge in [0.15, 0.2) is 0 Å². The van der Waals surface area contributed by atoms with E-state index in [2.05, 4.69) is 0 Å². The number of carbonyl (C=O) groups is 1. The lowest BCUT2D eigenvalue weighted by Crippen LogP contribution is -2.43. The van der Waals surface area contributed by atoms with E-state index in [0.29, 0.717) is 0 Å². The molecule has 1 aliphatic rings. The summed E-state index contributed by atoms with van der Waals surface area (Å²) in [5.74, 6) is -1.07. The zero-order chi connectivity index (χ0) is 13.0. The van der Waals surface area contributed by atoms with Gasteiger partial charge in [-0.2, -0.15) is 0 Å². The highest BCUT2D eigenvalue weighted by molar-refractivity contribution is 5.87. The van der Waals surface area contributed by atoms with Crippen LogP contribution in [0.3, 0.4) is 0 Å². The number of carboxylic acids is 1. The minimum absolute atomic E-state index is 0.0359. The molecule has 0 amide bonds. The summed E-state index contributed by atoms with van der Waals surface area (Å²) in [4.78, 5) is 10.9. The molecule has 3 atom stereocenters. The minimum Gasteiger partial charge on any atom is -0.478 e. The Balaban J connectivity index is 2.79. The maximum absolute atomic E-state index is 10.9. The van der Waals surface area contributed by atoms with Gasteiger partial charge < -0.3 is 20.1 Å². The van der Waals surface area contributed by atoms with E-state index in [-0.39, 0.29) is 18.1 Å². The molecule has 1 aliphatic carbocycles. The molecule has 0 radical (unpaired) electrons. The topological polar surface area (TPSA) is 87.0 Å². The molecule has 0 heterocycles. The van der Waals surface area contributed by atoms with Crippen molar-refractivity contribution in [2.45, 2.75) is 57.5 Å². The van der Waals surface area contributed by atoms with Crippen molar-refractivity contribution in [2.24, 2.45) is 0 Å². The largest absolute Gasteiger partial charge is 0.478 e. The van der Waals surface area contributed by atoms with Crippen LogP contribution in [0.4, 0.5) is 0 Å². The van der Waals surface area contributed by atoms with Crippen LogP contribution in [0, 0.1) is 0 Å². The molecule has 0 aromatic heterocycles. The number of hydrogen-bond acceptors (Lipinski definition) is 4. The molecule has 0 aromatic rings. The Morgan fingerprint density at radius 1 is 1.47 bits per heavy atom. The first-order valence-electron chi connectivity index (χ1n) is 5.95. The number of ether oxygens (including phenoxy) is 1. The summed E-state index contributed by atoms with van der Waals surface area (Å²) < 4.78 is 5.60. The van der Waals surface area contributed by atoms with Gasteiger partial charge in [-0.15, -0.1) is 0 Å². The molecule has 1 rings (SSSR count). The number of aliphatic hydroxyl groups is 2. The van der Waals surface area contributed by atoms with Gasteiger partial charge >= 0.3 is 5.97 Å². The molecule has 0 aromatic carbocycles. The van der Waals surface area contributed by atoms with E-state index in [1.807, 2.05) is 13.8 Å². The first-order chi connectivity index (χ1) is 7.99. The van der Waals surface area contributed by atoms with E-state index in [0.717, 1.165) is 12.8 Å². The predicted octanol–water partition coefficient (Wildman–Crippen LogP) is 0.697. The van der Waals surface area contributed by atoms with E-state index < -0.39 is 24.3 Å².